The highest BCUT2D eigenvalue weighted by Crippen LogP contribution is 2.35. The molecule has 0 fully saturated rings. The van der Waals surface area contributed by atoms with E-state index in [1.165, 1.54) is 12.1 Å². The molecule has 0 saturated carbocycles. The summed E-state index contributed by atoms with van der Waals surface area (Å²) in [6.45, 7) is 0. The lowest BCUT2D eigenvalue weighted by molar-refractivity contribution is 0.0977. The fourth-order valence-corrected chi connectivity index (χ4v) is 6.28. The van der Waals surface area contributed by atoms with Crippen molar-refractivity contribution in [3.63, 3.8) is 0 Å². The van der Waals surface area contributed by atoms with E-state index in [1.807, 2.05) is 4.72 Å². The van der Waals surface area contributed by atoms with E-state index < -0.39 is 15.9 Å². The number of nitrogens with one attached hydrogen (secondary N) is 2. The van der Waals surface area contributed by atoms with E-state index in [0.717, 1.165) is 11.3 Å². The van der Waals surface area contributed by atoms with E-state index in [-0.39, 0.29) is 19.3 Å². The van der Waals surface area contributed by atoms with Crippen molar-refractivity contribution in [2.24, 2.45) is 0 Å². The number of benzene rings is 2. The molecule has 31 heavy (non-hydrogen) atoms. The van der Waals surface area contributed by atoms with Crippen LogP contribution >= 0.6 is 62.1 Å². The molecular weight excluding hydrogens is 571 g/mol. The molecule has 0 saturated heterocycles. The van der Waals surface area contributed by atoms with Gasteiger partial charge in [0.05, 0.1) is 9.50 Å². The topological polar surface area (TPSA) is 88.3 Å². The fourth-order valence-electron chi connectivity index (χ4n) is 2.67. The SMILES string of the molecule is O=C(NS(=O)(=O)c1cc(Cl)c(Cl)s1)c1cc2cc(Oc3ccc(Cl)cc3Br)ccc2[nH]1. The van der Waals surface area contributed by atoms with Crippen LogP contribution in [0.3, 0.4) is 0 Å². The monoisotopic (exact) mass is 578 g/mol. The molecule has 0 radical (unpaired) electrons. The Morgan fingerprint density at radius 3 is 2.52 bits per heavy atom. The third-order valence-electron chi connectivity index (χ3n) is 4.07. The van der Waals surface area contributed by atoms with E-state index in [2.05, 4.69) is 20.9 Å². The summed E-state index contributed by atoms with van der Waals surface area (Å²) >= 11 is 21.7. The molecule has 160 valence electrons. The van der Waals surface area contributed by atoms with Gasteiger partial charge in [-0.2, -0.15) is 0 Å². The zero-order valence-electron chi connectivity index (χ0n) is 15.1. The number of sulfonamides is 1. The van der Waals surface area contributed by atoms with Crippen molar-refractivity contribution in [3.05, 3.63) is 73.1 Å². The summed E-state index contributed by atoms with van der Waals surface area (Å²) in [7, 11) is -4.11. The number of H-pyrrole nitrogens is 1. The summed E-state index contributed by atoms with van der Waals surface area (Å²) in [4.78, 5) is 15.4. The lowest BCUT2D eigenvalue weighted by Gasteiger charge is -2.08. The van der Waals surface area contributed by atoms with Gasteiger partial charge in [-0.25, -0.2) is 13.1 Å². The van der Waals surface area contributed by atoms with E-state index in [9.17, 15) is 13.2 Å². The molecule has 0 bridgehead atoms. The Balaban J connectivity index is 1.56. The van der Waals surface area contributed by atoms with Crippen molar-refractivity contribution in [1.82, 2.24) is 9.71 Å². The third-order valence-corrected chi connectivity index (χ3v) is 8.60. The molecule has 0 spiro atoms. The van der Waals surface area contributed by atoms with Gasteiger partial charge in [0.15, 0.2) is 0 Å². The minimum Gasteiger partial charge on any atom is -0.456 e. The summed E-state index contributed by atoms with van der Waals surface area (Å²) < 4.78 is 33.4. The van der Waals surface area contributed by atoms with Crippen LogP contribution in [-0.4, -0.2) is 19.3 Å². The Kier molecular flexibility index (Phi) is 6.26. The molecule has 2 aromatic carbocycles. The first-order chi connectivity index (χ1) is 14.6. The number of halogens is 4. The first-order valence-electron chi connectivity index (χ1n) is 8.40. The molecule has 0 aliphatic carbocycles. The molecule has 2 N–H and O–H groups in total. The average molecular weight is 581 g/mol. The zero-order valence-corrected chi connectivity index (χ0v) is 20.6. The van der Waals surface area contributed by atoms with Gasteiger partial charge in [-0.3, -0.25) is 4.79 Å². The fraction of sp³-hybridized carbons (Fsp3) is 0. The zero-order chi connectivity index (χ0) is 22.3. The molecule has 0 atom stereocenters. The number of hydrogen-bond donors (Lipinski definition) is 2. The molecule has 4 rings (SSSR count). The standard InChI is InChI=1S/C19H10BrCl3N2O4S2/c20-12-7-10(21)1-4-16(12)29-11-2-3-14-9(5-11)6-15(24-14)19(26)25-31(27,28)17-8-13(22)18(23)30-17/h1-8,24H,(H,25,26). The van der Waals surface area contributed by atoms with E-state index >= 15 is 0 Å². The largest absolute Gasteiger partial charge is 0.456 e. The van der Waals surface area contributed by atoms with Crippen molar-refractivity contribution in [2.75, 3.05) is 0 Å². The maximum Gasteiger partial charge on any atom is 0.281 e. The van der Waals surface area contributed by atoms with Crippen molar-refractivity contribution in [3.8, 4) is 11.5 Å². The number of hydrogen-bond acceptors (Lipinski definition) is 5. The number of fused-ring (bicyclic) bond motifs is 1. The molecular formula is C19H10BrCl3N2O4S2. The first-order valence-corrected chi connectivity index (χ1v) is 12.6. The number of thiophene rings is 1. The summed E-state index contributed by atoms with van der Waals surface area (Å²) in [6, 6.07) is 13.0. The van der Waals surface area contributed by atoms with Crippen molar-refractivity contribution >= 4 is 88.9 Å². The highest BCUT2D eigenvalue weighted by atomic mass is 79.9. The number of aromatic amines is 1. The molecule has 2 aromatic heterocycles. The van der Waals surface area contributed by atoms with Gasteiger partial charge in [-0.1, -0.05) is 34.8 Å². The van der Waals surface area contributed by atoms with Crippen LogP contribution in [-0.2, 0) is 10.0 Å². The third kappa shape index (κ3) is 4.87. The van der Waals surface area contributed by atoms with E-state index in [0.29, 0.717) is 31.9 Å². The second-order valence-corrected chi connectivity index (χ2v) is 11.5. The average Bonchev–Trinajstić information content (AvgIpc) is 3.27. The van der Waals surface area contributed by atoms with Gasteiger partial charge in [0.2, 0.25) is 0 Å². The number of carbonyl (C=O) groups is 1. The van der Waals surface area contributed by atoms with E-state index in [1.54, 1.807) is 36.4 Å². The van der Waals surface area contributed by atoms with Crippen molar-refractivity contribution in [1.29, 1.82) is 0 Å². The molecule has 4 aromatic rings. The highest BCUT2D eigenvalue weighted by molar-refractivity contribution is 9.10. The number of carbonyl (C=O) groups excluding carboxylic acids is 1. The molecule has 6 nitrogen and oxygen atoms in total. The Morgan fingerprint density at radius 2 is 1.84 bits per heavy atom. The number of ether oxygens (including phenoxy) is 1. The van der Waals surface area contributed by atoms with Crippen LogP contribution in [0.4, 0.5) is 0 Å². The highest BCUT2D eigenvalue weighted by Gasteiger charge is 2.23. The normalized spacial score (nSPS) is 11.6. The van der Waals surface area contributed by atoms with Gasteiger partial charge >= 0.3 is 0 Å². The number of rotatable bonds is 5. The van der Waals surface area contributed by atoms with Crippen molar-refractivity contribution in [2.45, 2.75) is 4.21 Å². The molecule has 1 amide bonds. The van der Waals surface area contributed by atoms with E-state index in [4.69, 9.17) is 39.5 Å². The maximum absolute atomic E-state index is 12.5. The summed E-state index contributed by atoms with van der Waals surface area (Å²) in [5.41, 5.74) is 0.699. The molecule has 0 aliphatic rings. The maximum atomic E-state index is 12.5. The summed E-state index contributed by atoms with van der Waals surface area (Å²) in [5.74, 6) is 0.272. The van der Waals surface area contributed by atoms with Crippen molar-refractivity contribution < 1.29 is 17.9 Å². The van der Waals surface area contributed by atoms with Crippen LogP contribution in [0.15, 0.2) is 57.2 Å². The van der Waals surface area contributed by atoms with Gasteiger partial charge < -0.3 is 9.72 Å². The molecule has 2 heterocycles. The minimum absolute atomic E-state index is 0.0668. The van der Waals surface area contributed by atoms with Crippen LogP contribution in [0.5, 0.6) is 11.5 Å². The molecule has 0 unspecified atom stereocenters. The predicted octanol–water partition coefficient (Wildman–Crippen LogP) is 6.86. The number of aromatic nitrogens is 1. The second-order valence-electron chi connectivity index (χ2n) is 6.23. The lowest BCUT2D eigenvalue weighted by Crippen LogP contribution is -2.30. The van der Waals surface area contributed by atoms with Gasteiger partial charge in [0, 0.05) is 15.9 Å². The Hall–Kier alpha value is -1.75. The predicted molar refractivity (Wildman–Crippen MR) is 127 cm³/mol. The van der Waals surface area contributed by atoms with Crippen LogP contribution in [0, 0.1) is 0 Å². The van der Waals surface area contributed by atoms with Crippen LogP contribution in [0.25, 0.3) is 10.9 Å². The van der Waals surface area contributed by atoms with Gasteiger partial charge in [0.1, 0.15) is 25.7 Å². The molecule has 0 aliphatic heterocycles. The quantitative estimate of drug-likeness (QED) is 0.270. The lowest BCUT2D eigenvalue weighted by atomic mass is 10.2. The molecule has 12 heteroatoms. The first kappa shape index (κ1) is 22.4. The number of amides is 1. The van der Waals surface area contributed by atoms with Gasteiger partial charge in [-0.15, -0.1) is 11.3 Å². The smallest absolute Gasteiger partial charge is 0.281 e. The van der Waals surface area contributed by atoms with Gasteiger partial charge in [-0.05, 0) is 64.5 Å². The summed E-state index contributed by atoms with van der Waals surface area (Å²) in [6.07, 6.45) is 0. The Labute approximate surface area is 204 Å². The van der Waals surface area contributed by atoms with Gasteiger partial charge in [0.25, 0.3) is 15.9 Å². The summed E-state index contributed by atoms with van der Waals surface area (Å²) in [5, 5.41) is 1.33. The van der Waals surface area contributed by atoms with Crippen LogP contribution in [0.1, 0.15) is 10.5 Å². The Bertz CT molecular complexity index is 1410. The second kappa shape index (κ2) is 8.65. The van der Waals surface area contributed by atoms with Crippen LogP contribution in [0.2, 0.25) is 14.4 Å². The minimum atomic E-state index is -4.11. The van der Waals surface area contributed by atoms with Crippen LogP contribution < -0.4 is 9.46 Å². The Morgan fingerprint density at radius 1 is 1.06 bits per heavy atom.